The summed E-state index contributed by atoms with van der Waals surface area (Å²) in [5.41, 5.74) is 6.25. The Hall–Kier alpha value is -3.09. The predicted molar refractivity (Wildman–Crippen MR) is 144 cm³/mol. The zero-order valence-corrected chi connectivity index (χ0v) is 21.3. The van der Waals surface area contributed by atoms with Crippen LogP contribution in [0.2, 0.25) is 0 Å². The quantitative estimate of drug-likeness (QED) is 0.202. The van der Waals surface area contributed by atoms with E-state index in [0.29, 0.717) is 5.04 Å². The summed E-state index contributed by atoms with van der Waals surface area (Å²) in [6.07, 6.45) is 6.76. The second kappa shape index (κ2) is 10.5. The first kappa shape index (κ1) is 24.0. The fraction of sp³-hybridized carbons (Fsp3) is 0.321. The molecule has 6 heteroatoms. The number of ether oxygens (including phenoxy) is 1. The molecule has 1 atom stereocenters. The Balaban J connectivity index is 1.95. The Morgan fingerprint density at radius 2 is 1.79 bits per heavy atom. The van der Waals surface area contributed by atoms with Crippen LogP contribution in [0.4, 0.5) is 5.69 Å². The summed E-state index contributed by atoms with van der Waals surface area (Å²) in [7, 11) is 0. The van der Waals surface area contributed by atoms with Crippen LogP contribution < -0.4 is 20.4 Å². The van der Waals surface area contributed by atoms with Crippen LogP contribution in [-0.2, 0) is 12.6 Å². The molecule has 178 valence electrons. The number of benzene rings is 2. The number of nitrogens with zero attached hydrogens (tertiary/aromatic N) is 2. The fourth-order valence-corrected chi connectivity index (χ4v) is 5.14. The summed E-state index contributed by atoms with van der Waals surface area (Å²) in [6.45, 7) is 12.8. The van der Waals surface area contributed by atoms with E-state index in [1.165, 1.54) is 4.90 Å². The number of quaternary nitrogens is 1. The monoisotopic (exact) mass is 474 g/mol. The molecule has 1 heterocycles. The second-order valence-corrected chi connectivity index (χ2v) is 8.89. The third-order valence-electron chi connectivity index (χ3n) is 6.84. The predicted octanol–water partition coefficient (Wildman–Crippen LogP) is 3.64. The van der Waals surface area contributed by atoms with Gasteiger partial charge in [-0.3, -0.25) is 0 Å². The molecule has 0 fully saturated rings. The standard InChI is InChI=1S/C28H34N4OS/c1-5-31(6-2)19-13-15-23-25(17-19)33-26-18-20(32(7-3)8-4)14-16-24(26)27(23)21-11-9-10-12-22(21)28(34)30-29/h9-19H,5-8,29H2,1-4H3,(H,30,34). The van der Waals surface area contributed by atoms with Crippen molar-refractivity contribution in [3.05, 3.63) is 88.7 Å². The van der Waals surface area contributed by atoms with Gasteiger partial charge in [-0.25, -0.2) is 5.10 Å². The molecule has 4 rings (SSSR count). The number of anilines is 1. The number of fused-ring (bicyclic) bond motifs is 2. The van der Waals surface area contributed by atoms with Crippen LogP contribution in [0.25, 0.3) is 5.57 Å². The minimum Gasteiger partial charge on any atom is -0.758 e. The van der Waals surface area contributed by atoms with Gasteiger partial charge in [0, 0.05) is 47.6 Å². The van der Waals surface area contributed by atoms with Crippen molar-refractivity contribution in [3.63, 3.8) is 0 Å². The van der Waals surface area contributed by atoms with Gasteiger partial charge in [0.1, 0.15) is 17.6 Å². The molecule has 0 spiro atoms. The summed E-state index contributed by atoms with van der Waals surface area (Å²) in [6, 6.07) is 14.9. The Bertz CT molecular complexity index is 1170. The van der Waals surface area contributed by atoms with Gasteiger partial charge in [0.2, 0.25) is 0 Å². The van der Waals surface area contributed by atoms with Gasteiger partial charge >= 0.3 is 0 Å². The second-order valence-electron chi connectivity index (χ2n) is 8.50. The van der Waals surface area contributed by atoms with E-state index in [4.69, 9.17) is 23.2 Å². The highest BCUT2D eigenvalue weighted by Crippen LogP contribution is 2.45. The molecule has 0 amide bonds. The number of nitrogens with two attached hydrogens (primary N) is 1. The van der Waals surface area contributed by atoms with Crippen LogP contribution in [-0.4, -0.2) is 37.3 Å². The van der Waals surface area contributed by atoms with Crippen molar-refractivity contribution in [2.75, 3.05) is 31.1 Å². The molecule has 34 heavy (non-hydrogen) atoms. The molecule has 1 aliphatic carbocycles. The van der Waals surface area contributed by atoms with Gasteiger partial charge in [0.25, 0.3) is 0 Å². The number of hydrazone groups is 1. The molecule has 2 aromatic carbocycles. The highest BCUT2D eigenvalue weighted by atomic mass is 32.1. The van der Waals surface area contributed by atoms with Crippen molar-refractivity contribution >= 4 is 28.9 Å². The van der Waals surface area contributed by atoms with Crippen molar-refractivity contribution in [1.29, 1.82) is 0 Å². The molecule has 2 aromatic rings. The number of likely N-dealkylation sites (N-methyl/N-ethyl adjacent to an activating group) is 1. The van der Waals surface area contributed by atoms with E-state index in [-0.39, 0.29) is 6.04 Å². The molecule has 0 saturated carbocycles. The lowest BCUT2D eigenvalue weighted by atomic mass is 9.85. The molecule has 5 nitrogen and oxygen atoms in total. The zero-order valence-electron chi connectivity index (χ0n) is 20.5. The van der Waals surface area contributed by atoms with Gasteiger partial charge in [0.15, 0.2) is 0 Å². The third kappa shape index (κ3) is 4.36. The highest BCUT2D eigenvalue weighted by molar-refractivity contribution is 7.78. The highest BCUT2D eigenvalue weighted by Gasteiger charge is 2.30. The Morgan fingerprint density at radius 1 is 1.06 bits per heavy atom. The number of hydrogen-bond acceptors (Lipinski definition) is 5. The molecule has 1 unspecified atom stereocenters. The van der Waals surface area contributed by atoms with Crippen LogP contribution in [0, 0.1) is 0 Å². The van der Waals surface area contributed by atoms with Crippen molar-refractivity contribution in [2.45, 2.75) is 33.7 Å². The van der Waals surface area contributed by atoms with E-state index in [1.807, 2.05) is 18.2 Å². The maximum atomic E-state index is 6.59. The average Bonchev–Trinajstić information content (AvgIpc) is 2.88. The lowest BCUT2D eigenvalue weighted by molar-refractivity contribution is -0.908. The first-order chi connectivity index (χ1) is 16.6. The SMILES string of the molecule is CCN(CC)c1ccc2c(c1)OC1=CC([NH+](CC)CC)C=CC1=C2c1ccccc1/C([S-])=N/N. The molecular formula is C28H34N4OS. The number of allylic oxidation sites excluding steroid dienone is 1. The van der Waals surface area contributed by atoms with Gasteiger partial charge in [-0.2, -0.15) is 0 Å². The largest absolute Gasteiger partial charge is 0.758 e. The lowest BCUT2D eigenvalue weighted by Gasteiger charge is -2.32. The topological polar surface area (TPSA) is 55.3 Å². The normalized spacial score (nSPS) is 17.3. The maximum Gasteiger partial charge on any atom is 0.137 e. The van der Waals surface area contributed by atoms with Crippen LogP contribution in [0.5, 0.6) is 5.75 Å². The van der Waals surface area contributed by atoms with Gasteiger partial charge in [-0.1, -0.05) is 29.3 Å². The maximum absolute atomic E-state index is 6.59. The summed E-state index contributed by atoms with van der Waals surface area (Å²) < 4.78 is 6.59. The zero-order chi connectivity index (χ0) is 24.2. The smallest absolute Gasteiger partial charge is 0.137 e. The van der Waals surface area contributed by atoms with E-state index in [9.17, 15) is 0 Å². The summed E-state index contributed by atoms with van der Waals surface area (Å²) >= 11 is 5.51. The lowest BCUT2D eigenvalue weighted by Crippen LogP contribution is -3.14. The van der Waals surface area contributed by atoms with Crippen LogP contribution in [0.15, 0.2) is 77.1 Å². The van der Waals surface area contributed by atoms with Crippen LogP contribution >= 0.6 is 0 Å². The molecule has 2 aliphatic rings. The minimum absolute atomic E-state index is 0.276. The average molecular weight is 475 g/mol. The van der Waals surface area contributed by atoms with E-state index < -0.39 is 0 Å². The number of rotatable bonds is 8. The molecule has 0 radical (unpaired) electrons. The molecule has 1 aliphatic heterocycles. The van der Waals surface area contributed by atoms with Gasteiger partial charge < -0.3 is 33.0 Å². The van der Waals surface area contributed by atoms with Gasteiger partial charge in [0.05, 0.1) is 13.1 Å². The van der Waals surface area contributed by atoms with E-state index in [2.05, 4.69) is 80.2 Å². The number of hydrogen-bond donors (Lipinski definition) is 2. The minimum atomic E-state index is 0.276. The van der Waals surface area contributed by atoms with E-state index >= 15 is 0 Å². The molecule has 3 N–H and O–H groups in total. The molecule has 0 aromatic heterocycles. The molecule has 0 bridgehead atoms. The van der Waals surface area contributed by atoms with E-state index in [0.717, 1.165) is 71.2 Å². The van der Waals surface area contributed by atoms with Crippen molar-refractivity contribution in [1.82, 2.24) is 0 Å². The first-order valence-electron chi connectivity index (χ1n) is 12.2. The summed E-state index contributed by atoms with van der Waals surface area (Å²) in [5, 5.41) is 4.22. The van der Waals surface area contributed by atoms with Gasteiger partial charge in [-0.05, 0) is 63.1 Å². The Labute approximate surface area is 208 Å². The van der Waals surface area contributed by atoms with Crippen LogP contribution in [0.1, 0.15) is 44.4 Å². The first-order valence-corrected chi connectivity index (χ1v) is 12.6. The van der Waals surface area contributed by atoms with Crippen molar-refractivity contribution in [2.24, 2.45) is 10.9 Å². The van der Waals surface area contributed by atoms with Crippen molar-refractivity contribution < 1.29 is 9.64 Å². The number of nitrogens with one attached hydrogen (secondary N) is 1. The van der Waals surface area contributed by atoms with E-state index in [1.54, 1.807) is 0 Å². The summed E-state index contributed by atoms with van der Waals surface area (Å²) in [5.74, 6) is 7.37. The Kier molecular flexibility index (Phi) is 7.39. The molecular weight excluding hydrogens is 440 g/mol. The van der Waals surface area contributed by atoms with Crippen LogP contribution in [0.3, 0.4) is 0 Å². The molecule has 0 saturated heterocycles. The third-order valence-corrected chi connectivity index (χ3v) is 7.17. The van der Waals surface area contributed by atoms with Crippen molar-refractivity contribution in [3.8, 4) is 5.75 Å². The van der Waals surface area contributed by atoms with Gasteiger partial charge in [-0.15, -0.1) is 0 Å². The Morgan fingerprint density at radius 3 is 2.47 bits per heavy atom. The summed E-state index contributed by atoms with van der Waals surface area (Å²) in [4.78, 5) is 3.83. The fourth-order valence-electron chi connectivity index (χ4n) is 4.96.